The molecule has 0 aliphatic carbocycles. The fourth-order valence-corrected chi connectivity index (χ4v) is 9.08. The second kappa shape index (κ2) is 46.8. The van der Waals surface area contributed by atoms with E-state index in [0.29, 0.717) is 19.4 Å². The van der Waals surface area contributed by atoms with E-state index < -0.39 is 49.5 Å². The Morgan fingerprint density at radius 1 is 0.537 bits per heavy atom. The minimum atomic E-state index is -1.57. The molecule has 1 fully saturated rings. The van der Waals surface area contributed by atoms with Gasteiger partial charge in [-0.3, -0.25) is 9.59 Å². The van der Waals surface area contributed by atoms with E-state index in [-0.39, 0.29) is 18.5 Å². The van der Waals surface area contributed by atoms with Gasteiger partial charge in [0.2, 0.25) is 5.91 Å². The number of unbranched alkanes of at least 4 members (excludes halogenated alkanes) is 35. The maximum atomic E-state index is 13.0. The molecule has 6 N–H and O–H groups in total. The second-order valence-corrected chi connectivity index (χ2v) is 20.0. The number of rotatable bonds is 49. The molecule has 1 aliphatic heterocycles. The van der Waals surface area contributed by atoms with E-state index in [0.717, 1.165) is 70.6 Å². The molecule has 1 amide bonds. The molecule has 11 heteroatoms. The molecule has 0 bridgehead atoms. The van der Waals surface area contributed by atoms with E-state index in [4.69, 9.17) is 14.2 Å². The van der Waals surface area contributed by atoms with Crippen LogP contribution in [-0.4, -0.2) is 100 Å². The number of carbonyl (C=O) groups is 2. The summed E-state index contributed by atoms with van der Waals surface area (Å²) in [5.74, 6) is -0.213. The summed E-state index contributed by atoms with van der Waals surface area (Å²) in [6.45, 7) is 4.31. The van der Waals surface area contributed by atoms with E-state index in [1.165, 1.54) is 173 Å². The molecule has 396 valence electrons. The van der Waals surface area contributed by atoms with Crippen molar-refractivity contribution in [3.05, 3.63) is 12.2 Å². The van der Waals surface area contributed by atoms with Gasteiger partial charge in [0, 0.05) is 12.8 Å². The lowest BCUT2D eigenvalue weighted by Gasteiger charge is -2.40. The summed E-state index contributed by atoms with van der Waals surface area (Å²) >= 11 is 0. The van der Waals surface area contributed by atoms with Gasteiger partial charge in [-0.25, -0.2) is 0 Å². The molecule has 1 aliphatic rings. The highest BCUT2D eigenvalue weighted by atomic mass is 16.7. The SMILES string of the molecule is CCCCCCCCCCCCCC/C=C/C(O)C(COC1OC(CO)C(O)C(O)C1O)NC(=O)CCCCCCCCCCCCCCCCOC(=O)CCCCCCCCCCCCC. The number of hydrogen-bond donors (Lipinski definition) is 6. The molecule has 7 unspecified atom stereocenters. The van der Waals surface area contributed by atoms with Crippen molar-refractivity contribution in [2.75, 3.05) is 19.8 Å². The highest BCUT2D eigenvalue weighted by Crippen LogP contribution is 2.23. The lowest BCUT2D eigenvalue weighted by atomic mass is 9.99. The van der Waals surface area contributed by atoms with Gasteiger partial charge in [0.1, 0.15) is 24.4 Å². The lowest BCUT2D eigenvalue weighted by Crippen LogP contribution is -2.60. The highest BCUT2D eigenvalue weighted by Gasteiger charge is 2.44. The molecule has 0 radical (unpaired) electrons. The minimum absolute atomic E-state index is 0.0227. The Morgan fingerprint density at radius 2 is 0.940 bits per heavy atom. The summed E-state index contributed by atoms with van der Waals surface area (Å²) in [5, 5.41) is 54.4. The number of esters is 1. The predicted molar refractivity (Wildman–Crippen MR) is 274 cm³/mol. The van der Waals surface area contributed by atoms with Crippen LogP contribution in [0.4, 0.5) is 0 Å². The molecule has 7 atom stereocenters. The van der Waals surface area contributed by atoms with E-state index in [2.05, 4.69) is 19.2 Å². The first-order valence-electron chi connectivity index (χ1n) is 28.5. The minimum Gasteiger partial charge on any atom is -0.466 e. The first kappa shape index (κ1) is 63.4. The van der Waals surface area contributed by atoms with Gasteiger partial charge in [0.05, 0.1) is 32.0 Å². The molecule has 1 rings (SSSR count). The van der Waals surface area contributed by atoms with E-state index in [9.17, 15) is 35.1 Å². The lowest BCUT2D eigenvalue weighted by molar-refractivity contribution is -0.302. The van der Waals surface area contributed by atoms with Crippen molar-refractivity contribution in [1.29, 1.82) is 0 Å². The van der Waals surface area contributed by atoms with E-state index in [1.807, 2.05) is 6.08 Å². The van der Waals surface area contributed by atoms with Crippen LogP contribution in [0.2, 0.25) is 0 Å². The van der Waals surface area contributed by atoms with Crippen LogP contribution in [0.15, 0.2) is 12.2 Å². The number of amides is 1. The van der Waals surface area contributed by atoms with Gasteiger partial charge in [0.25, 0.3) is 0 Å². The van der Waals surface area contributed by atoms with Crippen LogP contribution < -0.4 is 5.32 Å². The smallest absolute Gasteiger partial charge is 0.305 e. The van der Waals surface area contributed by atoms with Crippen LogP contribution >= 0.6 is 0 Å². The summed E-state index contributed by atoms with van der Waals surface area (Å²) < 4.78 is 16.7. The molecule has 0 aromatic carbocycles. The van der Waals surface area contributed by atoms with Gasteiger partial charge >= 0.3 is 5.97 Å². The standard InChI is InChI=1S/C56H107NO10/c1-3-5-7-9-11-13-15-16-19-23-26-30-34-38-42-49(59)48(47-66-56-55(64)54(63)53(62)50(46-58)67-56)57-51(60)43-39-35-31-27-24-20-17-18-21-25-29-33-37-41-45-65-52(61)44-40-36-32-28-22-14-12-10-8-6-4-2/h38,42,48-50,53-56,58-59,62-64H,3-37,39-41,43-47H2,1-2H3,(H,57,60)/b42-38+. The average Bonchev–Trinajstić information content (AvgIpc) is 3.32. The topological polar surface area (TPSA) is 175 Å². The van der Waals surface area contributed by atoms with E-state index in [1.54, 1.807) is 6.08 Å². The van der Waals surface area contributed by atoms with Gasteiger partial charge in [-0.05, 0) is 32.1 Å². The summed E-state index contributed by atoms with van der Waals surface area (Å²) in [4.78, 5) is 25.1. The maximum Gasteiger partial charge on any atom is 0.305 e. The van der Waals surface area contributed by atoms with Gasteiger partial charge < -0.3 is 45.1 Å². The van der Waals surface area contributed by atoms with Crippen LogP contribution in [0.3, 0.4) is 0 Å². The number of aliphatic hydroxyl groups is 5. The second-order valence-electron chi connectivity index (χ2n) is 20.0. The molecule has 67 heavy (non-hydrogen) atoms. The van der Waals surface area contributed by atoms with Crippen molar-refractivity contribution in [3.8, 4) is 0 Å². The number of carbonyl (C=O) groups excluding carboxylic acids is 2. The Balaban J connectivity index is 2.16. The maximum absolute atomic E-state index is 13.0. The van der Waals surface area contributed by atoms with Crippen molar-refractivity contribution in [2.45, 2.75) is 314 Å². The van der Waals surface area contributed by atoms with Gasteiger partial charge in [-0.15, -0.1) is 0 Å². The third-order valence-electron chi connectivity index (χ3n) is 13.7. The number of allylic oxidation sites excluding steroid dienone is 1. The molecule has 0 aromatic rings. The molecule has 0 spiro atoms. The van der Waals surface area contributed by atoms with Crippen LogP contribution in [-0.2, 0) is 23.8 Å². The summed E-state index contributed by atoms with van der Waals surface area (Å²) in [7, 11) is 0. The zero-order valence-corrected chi connectivity index (χ0v) is 43.4. The summed E-state index contributed by atoms with van der Waals surface area (Å²) in [5.41, 5.74) is 0. The number of aliphatic hydroxyl groups excluding tert-OH is 5. The molecule has 1 saturated heterocycles. The third-order valence-corrected chi connectivity index (χ3v) is 13.7. The number of nitrogens with one attached hydrogen (secondary N) is 1. The van der Waals surface area contributed by atoms with Crippen LogP contribution in [0.1, 0.15) is 271 Å². The normalized spacial score (nSPS) is 19.5. The molecular weight excluding hydrogens is 847 g/mol. The Morgan fingerprint density at radius 3 is 1.39 bits per heavy atom. The van der Waals surface area contributed by atoms with Gasteiger partial charge in [0.15, 0.2) is 6.29 Å². The Bertz CT molecular complexity index is 1120. The third kappa shape index (κ3) is 36.9. The van der Waals surface area contributed by atoms with Crippen molar-refractivity contribution in [2.24, 2.45) is 0 Å². The summed E-state index contributed by atoms with van der Waals surface area (Å²) in [6.07, 6.45) is 42.8. The van der Waals surface area contributed by atoms with Crippen molar-refractivity contribution < 1.29 is 49.3 Å². The average molecular weight is 954 g/mol. The number of ether oxygens (including phenoxy) is 3. The van der Waals surface area contributed by atoms with E-state index >= 15 is 0 Å². The summed E-state index contributed by atoms with van der Waals surface area (Å²) in [6, 6.07) is -0.816. The molecule has 0 aromatic heterocycles. The van der Waals surface area contributed by atoms with Gasteiger partial charge in [-0.1, -0.05) is 238 Å². The van der Waals surface area contributed by atoms with Gasteiger partial charge in [-0.2, -0.15) is 0 Å². The highest BCUT2D eigenvalue weighted by molar-refractivity contribution is 5.76. The van der Waals surface area contributed by atoms with Crippen molar-refractivity contribution in [3.63, 3.8) is 0 Å². The number of hydrogen-bond acceptors (Lipinski definition) is 10. The molecule has 1 heterocycles. The van der Waals surface area contributed by atoms with Crippen molar-refractivity contribution >= 4 is 11.9 Å². The van der Waals surface area contributed by atoms with Crippen LogP contribution in [0.5, 0.6) is 0 Å². The Hall–Kier alpha value is -1.60. The zero-order valence-electron chi connectivity index (χ0n) is 43.4. The van der Waals surface area contributed by atoms with Crippen molar-refractivity contribution in [1.82, 2.24) is 5.32 Å². The Labute approximate surface area is 410 Å². The quantitative estimate of drug-likeness (QED) is 0.0196. The fourth-order valence-electron chi connectivity index (χ4n) is 9.08. The first-order chi connectivity index (χ1) is 32.7. The zero-order chi connectivity index (χ0) is 48.8. The molecular formula is C56H107NO10. The Kier molecular flexibility index (Phi) is 44.3. The largest absolute Gasteiger partial charge is 0.466 e. The fraction of sp³-hybridized carbons (Fsp3) is 0.929. The monoisotopic (exact) mass is 954 g/mol. The first-order valence-corrected chi connectivity index (χ1v) is 28.5. The molecule has 0 saturated carbocycles. The van der Waals surface area contributed by atoms with Crippen LogP contribution in [0, 0.1) is 0 Å². The predicted octanol–water partition coefficient (Wildman–Crippen LogP) is 12.4. The van der Waals surface area contributed by atoms with Crippen LogP contribution in [0.25, 0.3) is 0 Å². The molecule has 11 nitrogen and oxygen atoms in total.